The monoisotopic (exact) mass is 256 g/mol. The predicted molar refractivity (Wildman–Crippen MR) is 77.3 cm³/mol. The predicted octanol–water partition coefficient (Wildman–Crippen LogP) is 4.55. The normalized spacial score (nSPS) is 26.7. The SMILES string of the molecule is C[C@]1(c2ccccc2)c2ccccc2CC[C@@H]1Cl. The number of rotatable bonds is 1. The van der Waals surface area contributed by atoms with Crippen LogP contribution in [-0.2, 0) is 11.8 Å². The van der Waals surface area contributed by atoms with E-state index in [1.165, 1.54) is 16.7 Å². The highest BCUT2D eigenvalue weighted by atomic mass is 35.5. The Morgan fingerprint density at radius 1 is 1.00 bits per heavy atom. The van der Waals surface area contributed by atoms with Crippen molar-refractivity contribution in [1.82, 2.24) is 0 Å². The quantitative estimate of drug-likeness (QED) is 0.657. The summed E-state index contributed by atoms with van der Waals surface area (Å²) in [5, 5.41) is 0.162. The van der Waals surface area contributed by atoms with E-state index in [0.717, 1.165) is 12.8 Å². The first kappa shape index (κ1) is 11.8. The molecular weight excluding hydrogens is 240 g/mol. The standard InChI is InChI=1S/C17H17Cl/c1-17(14-8-3-2-4-9-14)15-10-6-5-7-13(15)11-12-16(17)18/h2-10,16H,11-12H2,1H3/t16-,17-/m0/s1. The van der Waals surface area contributed by atoms with Crippen LogP contribution in [0.1, 0.15) is 30.0 Å². The molecule has 0 amide bonds. The van der Waals surface area contributed by atoms with E-state index in [1.807, 2.05) is 0 Å². The van der Waals surface area contributed by atoms with E-state index in [1.54, 1.807) is 0 Å². The van der Waals surface area contributed by atoms with Crippen molar-refractivity contribution in [2.75, 3.05) is 0 Å². The molecule has 0 bridgehead atoms. The molecule has 0 spiro atoms. The van der Waals surface area contributed by atoms with Crippen LogP contribution in [0, 0.1) is 0 Å². The number of fused-ring (bicyclic) bond motifs is 1. The lowest BCUT2D eigenvalue weighted by atomic mass is 9.67. The van der Waals surface area contributed by atoms with Gasteiger partial charge >= 0.3 is 0 Å². The molecule has 3 rings (SSSR count). The third-order valence-corrected chi connectivity index (χ3v) is 4.90. The Morgan fingerprint density at radius 2 is 1.67 bits per heavy atom. The highest BCUT2D eigenvalue weighted by Crippen LogP contribution is 2.44. The average Bonchev–Trinajstić information content (AvgIpc) is 2.44. The Hall–Kier alpha value is -1.27. The molecule has 0 heterocycles. The van der Waals surface area contributed by atoms with Crippen LogP contribution < -0.4 is 0 Å². The van der Waals surface area contributed by atoms with Crippen LogP contribution in [0.25, 0.3) is 0 Å². The first-order valence-electron chi connectivity index (χ1n) is 6.51. The molecule has 0 radical (unpaired) electrons. The number of halogens is 1. The van der Waals surface area contributed by atoms with Gasteiger partial charge in [0.2, 0.25) is 0 Å². The van der Waals surface area contributed by atoms with Crippen LogP contribution in [0.3, 0.4) is 0 Å². The van der Waals surface area contributed by atoms with Gasteiger partial charge in [-0.05, 0) is 36.5 Å². The van der Waals surface area contributed by atoms with Gasteiger partial charge in [0.15, 0.2) is 0 Å². The zero-order chi connectivity index (χ0) is 12.6. The molecule has 0 N–H and O–H groups in total. The number of hydrogen-bond acceptors (Lipinski definition) is 0. The lowest BCUT2D eigenvalue weighted by Gasteiger charge is -2.40. The number of alkyl halides is 1. The number of aryl methyl sites for hydroxylation is 1. The molecule has 1 aliphatic carbocycles. The van der Waals surface area contributed by atoms with Crippen molar-refractivity contribution in [1.29, 1.82) is 0 Å². The van der Waals surface area contributed by atoms with E-state index < -0.39 is 0 Å². The Balaban J connectivity index is 2.21. The number of benzene rings is 2. The second-order valence-electron chi connectivity index (χ2n) is 5.23. The molecule has 1 heteroatoms. The molecule has 2 atom stereocenters. The summed E-state index contributed by atoms with van der Waals surface area (Å²) in [6, 6.07) is 19.4. The smallest absolute Gasteiger partial charge is 0.0474 e. The first-order valence-corrected chi connectivity index (χ1v) is 6.94. The van der Waals surface area contributed by atoms with Crippen molar-refractivity contribution in [3.8, 4) is 0 Å². The third-order valence-electron chi connectivity index (χ3n) is 4.24. The summed E-state index contributed by atoms with van der Waals surface area (Å²) >= 11 is 6.69. The minimum absolute atomic E-state index is 0.0718. The highest BCUT2D eigenvalue weighted by Gasteiger charge is 2.40. The van der Waals surface area contributed by atoms with Crippen LogP contribution in [0.4, 0.5) is 0 Å². The van der Waals surface area contributed by atoms with E-state index in [-0.39, 0.29) is 10.8 Å². The summed E-state index contributed by atoms with van der Waals surface area (Å²) in [7, 11) is 0. The van der Waals surface area contributed by atoms with Gasteiger partial charge in [0.05, 0.1) is 0 Å². The molecule has 0 saturated carbocycles. The van der Waals surface area contributed by atoms with Crippen LogP contribution in [0.15, 0.2) is 54.6 Å². The van der Waals surface area contributed by atoms with Crippen molar-refractivity contribution in [3.63, 3.8) is 0 Å². The fourth-order valence-electron chi connectivity index (χ4n) is 3.11. The zero-order valence-electron chi connectivity index (χ0n) is 10.6. The second-order valence-corrected chi connectivity index (χ2v) is 5.76. The Labute approximate surface area is 114 Å². The van der Waals surface area contributed by atoms with Crippen LogP contribution >= 0.6 is 11.6 Å². The largest absolute Gasteiger partial charge is 0.122 e. The highest BCUT2D eigenvalue weighted by molar-refractivity contribution is 6.22. The minimum atomic E-state index is -0.0718. The van der Waals surface area contributed by atoms with Crippen LogP contribution in [-0.4, -0.2) is 5.38 Å². The summed E-state index contributed by atoms with van der Waals surface area (Å²) in [5.74, 6) is 0. The molecule has 0 nitrogen and oxygen atoms in total. The summed E-state index contributed by atoms with van der Waals surface area (Å²) < 4.78 is 0. The van der Waals surface area contributed by atoms with Gasteiger partial charge in [-0.3, -0.25) is 0 Å². The second kappa shape index (κ2) is 4.44. The van der Waals surface area contributed by atoms with Gasteiger partial charge < -0.3 is 0 Å². The lowest BCUT2D eigenvalue weighted by molar-refractivity contribution is 0.474. The van der Waals surface area contributed by atoms with E-state index in [2.05, 4.69) is 61.5 Å². The van der Waals surface area contributed by atoms with E-state index in [0.29, 0.717) is 0 Å². The van der Waals surface area contributed by atoms with Gasteiger partial charge in [-0.25, -0.2) is 0 Å². The Bertz CT molecular complexity index is 547. The van der Waals surface area contributed by atoms with Gasteiger partial charge in [-0.15, -0.1) is 11.6 Å². The maximum Gasteiger partial charge on any atom is 0.0474 e. The fraction of sp³-hybridized carbons (Fsp3) is 0.294. The molecule has 92 valence electrons. The summed E-state index contributed by atoms with van der Waals surface area (Å²) in [5.41, 5.74) is 4.08. The van der Waals surface area contributed by atoms with Crippen molar-refractivity contribution in [2.24, 2.45) is 0 Å². The Morgan fingerprint density at radius 3 is 2.44 bits per heavy atom. The van der Waals surface area contributed by atoms with E-state index >= 15 is 0 Å². The number of hydrogen-bond donors (Lipinski definition) is 0. The molecule has 2 aromatic carbocycles. The van der Waals surface area contributed by atoms with Gasteiger partial charge in [0, 0.05) is 10.8 Å². The molecule has 0 aliphatic heterocycles. The van der Waals surface area contributed by atoms with Gasteiger partial charge in [-0.2, -0.15) is 0 Å². The Kier molecular flexibility index (Phi) is 2.91. The molecule has 1 aliphatic rings. The zero-order valence-corrected chi connectivity index (χ0v) is 11.3. The molecule has 0 fully saturated rings. The first-order chi connectivity index (χ1) is 8.73. The van der Waals surface area contributed by atoms with Crippen molar-refractivity contribution in [2.45, 2.75) is 30.6 Å². The minimum Gasteiger partial charge on any atom is -0.122 e. The topological polar surface area (TPSA) is 0 Å². The van der Waals surface area contributed by atoms with E-state index in [9.17, 15) is 0 Å². The van der Waals surface area contributed by atoms with Gasteiger partial charge in [0.1, 0.15) is 0 Å². The molecule has 0 unspecified atom stereocenters. The van der Waals surface area contributed by atoms with Crippen molar-refractivity contribution in [3.05, 3.63) is 71.3 Å². The molecule has 0 aromatic heterocycles. The average molecular weight is 257 g/mol. The van der Waals surface area contributed by atoms with Gasteiger partial charge in [-0.1, -0.05) is 54.6 Å². The van der Waals surface area contributed by atoms with Crippen molar-refractivity contribution < 1.29 is 0 Å². The van der Waals surface area contributed by atoms with E-state index in [4.69, 9.17) is 11.6 Å². The molecule has 2 aromatic rings. The molecular formula is C17H17Cl. The third kappa shape index (κ3) is 1.67. The van der Waals surface area contributed by atoms with Crippen LogP contribution in [0.2, 0.25) is 0 Å². The fourth-order valence-corrected chi connectivity index (χ4v) is 3.46. The molecule has 18 heavy (non-hydrogen) atoms. The maximum absolute atomic E-state index is 6.69. The summed E-state index contributed by atoms with van der Waals surface area (Å²) in [4.78, 5) is 0. The lowest BCUT2D eigenvalue weighted by Crippen LogP contribution is -2.38. The molecule has 0 saturated heterocycles. The van der Waals surface area contributed by atoms with Crippen molar-refractivity contribution >= 4 is 11.6 Å². The van der Waals surface area contributed by atoms with Crippen LogP contribution in [0.5, 0.6) is 0 Å². The maximum atomic E-state index is 6.69. The summed E-state index contributed by atoms with van der Waals surface area (Å²) in [6.45, 7) is 2.28. The van der Waals surface area contributed by atoms with Gasteiger partial charge in [0.25, 0.3) is 0 Å². The summed E-state index contributed by atoms with van der Waals surface area (Å²) in [6.07, 6.45) is 2.14.